The molecule has 0 spiro atoms. The molecule has 0 N–H and O–H groups in total. The highest BCUT2D eigenvalue weighted by Gasteiger charge is 1.97. The minimum atomic E-state index is -0.548. The first-order valence-electron chi connectivity index (χ1n) is 3.66. The van der Waals surface area contributed by atoms with Crippen LogP contribution in [0.2, 0.25) is 0 Å². The summed E-state index contributed by atoms with van der Waals surface area (Å²) in [5.74, 6) is -0.0807. The Morgan fingerprint density at radius 3 is 2.69 bits per heavy atom. The number of para-hydroxylation sites is 1. The van der Waals surface area contributed by atoms with E-state index in [0.29, 0.717) is 5.75 Å². The zero-order chi connectivity index (χ0) is 9.52. The number of allylic oxidation sites excluding steroid dienone is 1. The number of rotatable bonds is 2. The number of esters is 1. The molecule has 3 nitrogen and oxygen atoms in total. The van der Waals surface area contributed by atoms with Gasteiger partial charge in [-0.05, 0) is 12.1 Å². The third-order valence-corrected chi connectivity index (χ3v) is 1.26. The standard InChI is InChI=1S/C10H7NO2/c11-8-4-7-10(12)13-9-5-2-1-3-6-9/h1-7H. The van der Waals surface area contributed by atoms with Crippen LogP contribution in [0.3, 0.4) is 0 Å². The van der Waals surface area contributed by atoms with Crippen LogP contribution in [0.4, 0.5) is 0 Å². The summed E-state index contributed by atoms with van der Waals surface area (Å²) >= 11 is 0. The van der Waals surface area contributed by atoms with Gasteiger partial charge in [0, 0.05) is 12.2 Å². The summed E-state index contributed by atoms with van der Waals surface area (Å²) in [5.41, 5.74) is 0. The molecule has 0 heterocycles. The third-order valence-electron chi connectivity index (χ3n) is 1.26. The largest absolute Gasteiger partial charge is 0.423 e. The summed E-state index contributed by atoms with van der Waals surface area (Å²) in [7, 11) is 0. The van der Waals surface area contributed by atoms with Gasteiger partial charge in [0.15, 0.2) is 0 Å². The lowest BCUT2D eigenvalue weighted by atomic mass is 10.3. The number of nitrogens with zero attached hydrogens (tertiary/aromatic N) is 1. The van der Waals surface area contributed by atoms with Gasteiger partial charge in [-0.2, -0.15) is 5.26 Å². The van der Waals surface area contributed by atoms with Crippen molar-refractivity contribution in [3.05, 3.63) is 42.5 Å². The Hall–Kier alpha value is -2.08. The SMILES string of the molecule is N#CC=CC(=O)Oc1ccccc1. The average molecular weight is 173 g/mol. The molecule has 0 aliphatic rings. The average Bonchev–Trinajstić information content (AvgIpc) is 2.16. The summed E-state index contributed by atoms with van der Waals surface area (Å²) < 4.78 is 4.84. The molecule has 64 valence electrons. The van der Waals surface area contributed by atoms with E-state index < -0.39 is 5.97 Å². The van der Waals surface area contributed by atoms with Gasteiger partial charge in [0.2, 0.25) is 0 Å². The van der Waals surface area contributed by atoms with Crippen LogP contribution >= 0.6 is 0 Å². The van der Waals surface area contributed by atoms with Crippen LogP contribution in [0, 0.1) is 11.3 Å². The van der Waals surface area contributed by atoms with Crippen LogP contribution in [0.15, 0.2) is 42.5 Å². The van der Waals surface area contributed by atoms with E-state index in [1.165, 1.54) is 0 Å². The van der Waals surface area contributed by atoms with E-state index in [2.05, 4.69) is 0 Å². The summed E-state index contributed by atoms with van der Waals surface area (Å²) in [4.78, 5) is 10.9. The molecule has 0 saturated heterocycles. The molecule has 0 bridgehead atoms. The van der Waals surface area contributed by atoms with Crippen molar-refractivity contribution in [2.45, 2.75) is 0 Å². The minimum absolute atomic E-state index is 0.468. The number of carbonyl (C=O) groups is 1. The van der Waals surface area contributed by atoms with E-state index in [1.807, 2.05) is 6.07 Å². The van der Waals surface area contributed by atoms with E-state index in [0.717, 1.165) is 12.2 Å². The molecule has 0 fully saturated rings. The van der Waals surface area contributed by atoms with Gasteiger partial charge in [0.25, 0.3) is 0 Å². The normalized spacial score (nSPS) is 9.46. The molecule has 1 aromatic carbocycles. The molecule has 0 saturated carbocycles. The first kappa shape index (κ1) is 9.01. The summed E-state index contributed by atoms with van der Waals surface area (Å²) in [6, 6.07) is 10.4. The lowest BCUT2D eigenvalue weighted by Gasteiger charge is -1.98. The highest BCUT2D eigenvalue weighted by atomic mass is 16.5. The highest BCUT2D eigenvalue weighted by molar-refractivity contribution is 5.84. The number of hydrogen-bond donors (Lipinski definition) is 0. The lowest BCUT2D eigenvalue weighted by molar-refractivity contribution is -0.128. The second-order valence-corrected chi connectivity index (χ2v) is 2.20. The van der Waals surface area contributed by atoms with Gasteiger partial charge in [0.1, 0.15) is 5.75 Å². The zero-order valence-electron chi connectivity index (χ0n) is 6.81. The fourth-order valence-corrected chi connectivity index (χ4v) is 0.744. The minimum Gasteiger partial charge on any atom is -0.423 e. The van der Waals surface area contributed by atoms with E-state index in [1.54, 1.807) is 30.3 Å². The van der Waals surface area contributed by atoms with E-state index in [9.17, 15) is 4.79 Å². The van der Waals surface area contributed by atoms with Gasteiger partial charge >= 0.3 is 5.97 Å². The summed E-state index contributed by atoms with van der Waals surface area (Å²) in [6.45, 7) is 0. The Labute approximate surface area is 75.9 Å². The van der Waals surface area contributed by atoms with Gasteiger partial charge in [-0.25, -0.2) is 4.79 Å². The highest BCUT2D eigenvalue weighted by Crippen LogP contribution is 2.08. The summed E-state index contributed by atoms with van der Waals surface area (Å²) in [5, 5.41) is 8.14. The summed E-state index contributed by atoms with van der Waals surface area (Å²) in [6.07, 6.45) is 2.15. The van der Waals surface area contributed by atoms with Crippen molar-refractivity contribution in [2.75, 3.05) is 0 Å². The molecule has 0 radical (unpaired) electrons. The first-order valence-corrected chi connectivity index (χ1v) is 3.66. The van der Waals surface area contributed by atoms with Crippen LogP contribution in [0.5, 0.6) is 5.75 Å². The Kier molecular flexibility index (Phi) is 3.28. The van der Waals surface area contributed by atoms with Gasteiger partial charge in [-0.1, -0.05) is 18.2 Å². The molecule has 0 amide bonds. The number of hydrogen-bond acceptors (Lipinski definition) is 3. The van der Waals surface area contributed by atoms with Crippen molar-refractivity contribution < 1.29 is 9.53 Å². The van der Waals surface area contributed by atoms with Crippen molar-refractivity contribution in [3.63, 3.8) is 0 Å². The predicted octanol–water partition coefficient (Wildman–Crippen LogP) is 1.67. The van der Waals surface area contributed by atoms with Crippen molar-refractivity contribution in [1.29, 1.82) is 5.26 Å². The molecular weight excluding hydrogens is 166 g/mol. The monoisotopic (exact) mass is 173 g/mol. The van der Waals surface area contributed by atoms with Crippen molar-refractivity contribution in [1.82, 2.24) is 0 Å². The molecule has 1 rings (SSSR count). The van der Waals surface area contributed by atoms with Gasteiger partial charge in [-0.3, -0.25) is 0 Å². The van der Waals surface area contributed by atoms with Crippen LogP contribution in [0.25, 0.3) is 0 Å². The Bertz CT molecular complexity index is 349. The molecule has 1 aromatic rings. The molecule has 0 atom stereocenters. The molecule has 0 unspecified atom stereocenters. The van der Waals surface area contributed by atoms with E-state index >= 15 is 0 Å². The van der Waals surface area contributed by atoms with Crippen LogP contribution in [0.1, 0.15) is 0 Å². The van der Waals surface area contributed by atoms with E-state index in [-0.39, 0.29) is 0 Å². The van der Waals surface area contributed by atoms with E-state index in [4.69, 9.17) is 10.00 Å². The van der Waals surface area contributed by atoms with Crippen LogP contribution < -0.4 is 4.74 Å². The maximum atomic E-state index is 10.9. The third kappa shape index (κ3) is 3.21. The van der Waals surface area contributed by atoms with Crippen molar-refractivity contribution in [2.24, 2.45) is 0 Å². The Balaban J connectivity index is 2.57. The van der Waals surface area contributed by atoms with Crippen LogP contribution in [-0.2, 0) is 4.79 Å². The first-order chi connectivity index (χ1) is 6.33. The van der Waals surface area contributed by atoms with Crippen molar-refractivity contribution >= 4 is 5.97 Å². The number of ether oxygens (including phenoxy) is 1. The molecular formula is C10H7NO2. The Morgan fingerprint density at radius 2 is 2.08 bits per heavy atom. The maximum Gasteiger partial charge on any atom is 0.336 e. The maximum absolute atomic E-state index is 10.9. The topological polar surface area (TPSA) is 50.1 Å². The van der Waals surface area contributed by atoms with Crippen LogP contribution in [-0.4, -0.2) is 5.97 Å². The fraction of sp³-hybridized carbons (Fsp3) is 0. The van der Waals surface area contributed by atoms with Gasteiger partial charge < -0.3 is 4.74 Å². The van der Waals surface area contributed by atoms with Crippen molar-refractivity contribution in [3.8, 4) is 11.8 Å². The van der Waals surface area contributed by atoms with Gasteiger partial charge in [-0.15, -0.1) is 0 Å². The lowest BCUT2D eigenvalue weighted by Crippen LogP contribution is -2.02. The molecule has 13 heavy (non-hydrogen) atoms. The van der Waals surface area contributed by atoms with Gasteiger partial charge in [0.05, 0.1) is 6.07 Å². The molecule has 0 aromatic heterocycles. The molecule has 0 aliphatic carbocycles. The number of benzene rings is 1. The smallest absolute Gasteiger partial charge is 0.336 e. The Morgan fingerprint density at radius 1 is 1.38 bits per heavy atom. The number of nitriles is 1. The molecule has 3 heteroatoms. The number of carbonyl (C=O) groups excluding carboxylic acids is 1. The second-order valence-electron chi connectivity index (χ2n) is 2.20. The predicted molar refractivity (Wildman–Crippen MR) is 46.8 cm³/mol. The zero-order valence-corrected chi connectivity index (χ0v) is 6.81. The second kappa shape index (κ2) is 4.73. The fourth-order valence-electron chi connectivity index (χ4n) is 0.744. The molecule has 0 aliphatic heterocycles. The quantitative estimate of drug-likeness (QED) is 0.296.